The fourth-order valence-electron chi connectivity index (χ4n) is 2.64. The Morgan fingerprint density at radius 3 is 2.78 bits per heavy atom. The van der Waals surface area contributed by atoms with Gasteiger partial charge in [0.25, 0.3) is 0 Å². The first kappa shape index (κ1) is 13.6. The number of aryl methyl sites for hydroxylation is 1. The largest absolute Gasteiger partial charge is 0.359 e. The molecule has 2 aromatic carbocycles. The molecule has 0 bridgehead atoms. The van der Waals surface area contributed by atoms with Crippen LogP contribution in [-0.4, -0.2) is 14.6 Å². The zero-order valence-electron chi connectivity index (χ0n) is 12.2. The minimum absolute atomic E-state index is 0.413. The van der Waals surface area contributed by atoms with Crippen LogP contribution in [0.2, 0.25) is 0 Å². The van der Waals surface area contributed by atoms with E-state index < -0.39 is 11.6 Å². The van der Waals surface area contributed by atoms with E-state index in [1.165, 1.54) is 4.68 Å². The Kier molecular flexibility index (Phi) is 2.77. The molecule has 4 rings (SSSR count). The zero-order valence-corrected chi connectivity index (χ0v) is 12.2. The van der Waals surface area contributed by atoms with Crippen LogP contribution in [0, 0.1) is 18.6 Å². The van der Waals surface area contributed by atoms with Crippen molar-refractivity contribution in [2.75, 3.05) is 11.2 Å². The minimum atomic E-state index is -0.906. The predicted molar refractivity (Wildman–Crippen MR) is 86.1 cm³/mol. The van der Waals surface area contributed by atoms with Gasteiger partial charge in [0.2, 0.25) is 5.95 Å². The highest BCUT2D eigenvalue weighted by atomic mass is 19.2. The summed E-state index contributed by atoms with van der Waals surface area (Å²) in [6.07, 6.45) is 1.62. The fraction of sp³-hybridized carbons (Fsp3) is 0.0625. The highest BCUT2D eigenvalue weighted by Gasteiger charge is 2.13. The lowest BCUT2D eigenvalue weighted by Crippen LogP contribution is -2.11. The average Bonchev–Trinajstić information content (AvgIpc) is 3.02. The molecule has 0 amide bonds. The summed E-state index contributed by atoms with van der Waals surface area (Å²) in [6, 6.07) is 8.00. The molecule has 116 valence electrons. The average molecular weight is 313 g/mol. The number of aromatic nitrogens is 3. The summed E-state index contributed by atoms with van der Waals surface area (Å²) in [5.74, 6) is 4.66. The van der Waals surface area contributed by atoms with E-state index in [9.17, 15) is 8.78 Å². The maximum absolute atomic E-state index is 13.5. The van der Waals surface area contributed by atoms with Crippen molar-refractivity contribution in [3.05, 3.63) is 53.7 Å². The number of rotatable bonds is 2. The van der Waals surface area contributed by atoms with Crippen LogP contribution in [-0.2, 0) is 0 Å². The molecule has 4 aromatic rings. The van der Waals surface area contributed by atoms with Gasteiger partial charge in [0.15, 0.2) is 11.6 Å². The lowest BCUT2D eigenvalue weighted by atomic mass is 10.2. The maximum atomic E-state index is 13.5. The van der Waals surface area contributed by atoms with Crippen LogP contribution in [0.1, 0.15) is 5.56 Å². The number of aromatic amines is 1. The third kappa shape index (κ3) is 2.09. The van der Waals surface area contributed by atoms with E-state index in [-0.39, 0.29) is 0 Å². The Morgan fingerprint density at radius 2 is 1.96 bits per heavy atom. The van der Waals surface area contributed by atoms with Gasteiger partial charge in [0.1, 0.15) is 0 Å². The number of nitrogens with two attached hydrogens (primary N) is 1. The first-order valence-electron chi connectivity index (χ1n) is 7.00. The molecule has 0 fully saturated rings. The molecule has 23 heavy (non-hydrogen) atoms. The lowest BCUT2D eigenvalue weighted by molar-refractivity contribution is 0.511. The predicted octanol–water partition coefficient (Wildman–Crippen LogP) is 3.56. The van der Waals surface area contributed by atoms with Crippen molar-refractivity contribution >= 4 is 33.6 Å². The van der Waals surface area contributed by atoms with Gasteiger partial charge in [0, 0.05) is 17.6 Å². The van der Waals surface area contributed by atoms with Gasteiger partial charge in [0.05, 0.1) is 22.2 Å². The number of anilines is 2. The van der Waals surface area contributed by atoms with Crippen LogP contribution in [0.3, 0.4) is 0 Å². The maximum Gasteiger partial charge on any atom is 0.227 e. The first-order chi connectivity index (χ1) is 11.0. The Labute approximate surface area is 129 Å². The SMILES string of the molecule is Cc1ccc2c(c1)nc(Nc1c[nH]c3cc(F)c(F)cc13)n2N. The van der Waals surface area contributed by atoms with Crippen molar-refractivity contribution in [1.82, 2.24) is 14.6 Å². The van der Waals surface area contributed by atoms with Crippen LogP contribution >= 0.6 is 0 Å². The van der Waals surface area contributed by atoms with E-state index in [0.29, 0.717) is 22.5 Å². The van der Waals surface area contributed by atoms with Crippen molar-refractivity contribution in [2.24, 2.45) is 0 Å². The van der Waals surface area contributed by atoms with E-state index in [0.717, 1.165) is 28.7 Å². The molecule has 0 saturated carbocycles. The van der Waals surface area contributed by atoms with E-state index in [1.54, 1.807) is 6.20 Å². The van der Waals surface area contributed by atoms with Crippen LogP contribution in [0.15, 0.2) is 36.5 Å². The van der Waals surface area contributed by atoms with E-state index >= 15 is 0 Å². The number of halogens is 2. The van der Waals surface area contributed by atoms with Crippen LogP contribution in [0.4, 0.5) is 20.4 Å². The molecule has 2 aromatic heterocycles. The smallest absolute Gasteiger partial charge is 0.227 e. The van der Waals surface area contributed by atoms with Crippen LogP contribution < -0.4 is 11.2 Å². The molecule has 0 radical (unpaired) electrons. The van der Waals surface area contributed by atoms with Crippen molar-refractivity contribution < 1.29 is 8.78 Å². The van der Waals surface area contributed by atoms with Crippen LogP contribution in [0.25, 0.3) is 21.9 Å². The molecule has 0 aliphatic carbocycles. The summed E-state index contributed by atoms with van der Waals surface area (Å²) < 4.78 is 28.2. The Balaban J connectivity index is 1.82. The van der Waals surface area contributed by atoms with Gasteiger partial charge < -0.3 is 16.1 Å². The van der Waals surface area contributed by atoms with E-state index in [1.807, 2.05) is 25.1 Å². The third-order valence-electron chi connectivity index (χ3n) is 3.81. The lowest BCUT2D eigenvalue weighted by Gasteiger charge is -2.05. The molecule has 2 heterocycles. The van der Waals surface area contributed by atoms with Crippen molar-refractivity contribution in [2.45, 2.75) is 6.92 Å². The molecule has 0 unspecified atom stereocenters. The summed E-state index contributed by atoms with van der Waals surface area (Å²) in [5, 5.41) is 3.58. The van der Waals surface area contributed by atoms with Gasteiger partial charge in [-0.15, -0.1) is 0 Å². The van der Waals surface area contributed by atoms with Gasteiger partial charge in [-0.3, -0.25) is 0 Å². The second kappa shape index (κ2) is 4.70. The van der Waals surface area contributed by atoms with Gasteiger partial charge in [-0.2, -0.15) is 0 Å². The molecule has 0 aliphatic rings. The molecule has 5 nitrogen and oxygen atoms in total. The normalized spacial score (nSPS) is 11.4. The van der Waals surface area contributed by atoms with Gasteiger partial charge >= 0.3 is 0 Å². The van der Waals surface area contributed by atoms with Gasteiger partial charge in [-0.1, -0.05) is 6.07 Å². The minimum Gasteiger partial charge on any atom is -0.359 e. The number of fused-ring (bicyclic) bond motifs is 2. The number of hydrogen-bond acceptors (Lipinski definition) is 3. The van der Waals surface area contributed by atoms with E-state index in [4.69, 9.17) is 5.84 Å². The van der Waals surface area contributed by atoms with Gasteiger partial charge in [-0.05, 0) is 30.7 Å². The second-order valence-electron chi connectivity index (χ2n) is 5.44. The highest BCUT2D eigenvalue weighted by molar-refractivity contribution is 5.94. The summed E-state index contributed by atoms with van der Waals surface area (Å²) in [4.78, 5) is 7.33. The Morgan fingerprint density at radius 1 is 1.17 bits per heavy atom. The van der Waals surface area contributed by atoms with Crippen molar-refractivity contribution in [3.8, 4) is 0 Å². The molecule has 0 aliphatic heterocycles. The number of hydrogen-bond donors (Lipinski definition) is 3. The zero-order chi connectivity index (χ0) is 16.1. The second-order valence-corrected chi connectivity index (χ2v) is 5.44. The molecule has 0 atom stereocenters. The molecule has 7 heteroatoms. The Bertz CT molecular complexity index is 1050. The van der Waals surface area contributed by atoms with E-state index in [2.05, 4.69) is 15.3 Å². The number of nitrogens with one attached hydrogen (secondary N) is 2. The van der Waals surface area contributed by atoms with Crippen molar-refractivity contribution in [1.29, 1.82) is 0 Å². The first-order valence-corrected chi connectivity index (χ1v) is 7.00. The highest BCUT2D eigenvalue weighted by Crippen LogP contribution is 2.28. The molecule has 0 saturated heterocycles. The topological polar surface area (TPSA) is 71.7 Å². The summed E-state index contributed by atoms with van der Waals surface area (Å²) in [5.41, 5.74) is 3.66. The quantitative estimate of drug-likeness (QED) is 0.495. The number of nitrogen functional groups attached to an aromatic ring is 1. The Hall–Kier alpha value is -3.09. The number of benzene rings is 2. The number of imidazole rings is 1. The molecular weight excluding hydrogens is 300 g/mol. The van der Waals surface area contributed by atoms with Crippen molar-refractivity contribution in [3.63, 3.8) is 0 Å². The monoisotopic (exact) mass is 313 g/mol. The fourth-order valence-corrected chi connectivity index (χ4v) is 2.64. The summed E-state index contributed by atoms with van der Waals surface area (Å²) in [6.45, 7) is 1.97. The molecular formula is C16H13F2N5. The number of H-pyrrole nitrogens is 1. The van der Waals surface area contributed by atoms with Crippen LogP contribution in [0.5, 0.6) is 0 Å². The number of nitrogens with zero attached hydrogens (tertiary/aromatic N) is 2. The standard InChI is InChI=1S/C16H13F2N5/c1-8-2-3-15-13(4-8)21-16(23(15)19)22-14-7-20-12-6-11(18)10(17)5-9(12)14/h2-7,20H,19H2,1H3,(H,21,22). The summed E-state index contributed by atoms with van der Waals surface area (Å²) in [7, 11) is 0. The van der Waals surface area contributed by atoms with Gasteiger partial charge in [-0.25, -0.2) is 18.4 Å². The third-order valence-corrected chi connectivity index (χ3v) is 3.81. The molecule has 4 N–H and O–H groups in total. The molecule has 0 spiro atoms. The summed E-state index contributed by atoms with van der Waals surface area (Å²) >= 11 is 0.